The lowest BCUT2D eigenvalue weighted by Gasteiger charge is -2.04. The van der Waals surface area contributed by atoms with E-state index < -0.39 is 5.97 Å². The first-order valence-corrected chi connectivity index (χ1v) is 4.56. The fourth-order valence-corrected chi connectivity index (χ4v) is 1.33. The van der Waals surface area contributed by atoms with E-state index in [0.29, 0.717) is 5.69 Å². The molecule has 0 aliphatic carbocycles. The van der Waals surface area contributed by atoms with Crippen LogP contribution in [0, 0.1) is 0 Å². The molecule has 0 spiro atoms. The number of rotatable bonds is 2. The predicted octanol–water partition coefficient (Wildman–Crippen LogP) is 0.931. The fourth-order valence-electron chi connectivity index (χ4n) is 1.33. The molecule has 0 unspecified atom stereocenters. The summed E-state index contributed by atoms with van der Waals surface area (Å²) in [5.41, 5.74) is 0.177. The van der Waals surface area contributed by atoms with E-state index in [9.17, 15) is 9.59 Å². The summed E-state index contributed by atoms with van der Waals surface area (Å²) in [6.45, 7) is 0. The number of aromatic nitrogens is 2. The molecular formula is C11H8N2O3. The molecule has 80 valence electrons. The van der Waals surface area contributed by atoms with E-state index in [1.54, 1.807) is 24.4 Å². The Labute approximate surface area is 90.6 Å². The molecule has 1 N–H and O–H groups in total. The van der Waals surface area contributed by atoms with Crippen molar-refractivity contribution in [1.29, 1.82) is 0 Å². The average Bonchev–Trinajstić information content (AvgIpc) is 2.30. The zero-order valence-corrected chi connectivity index (χ0v) is 8.20. The molecule has 2 heterocycles. The van der Waals surface area contributed by atoms with Crippen molar-refractivity contribution in [3.63, 3.8) is 0 Å². The van der Waals surface area contributed by atoms with E-state index in [-0.39, 0.29) is 11.3 Å². The van der Waals surface area contributed by atoms with Crippen molar-refractivity contribution in [3.05, 3.63) is 58.8 Å². The van der Waals surface area contributed by atoms with Crippen LogP contribution < -0.4 is 5.56 Å². The van der Waals surface area contributed by atoms with Crippen LogP contribution in [-0.2, 0) is 0 Å². The van der Waals surface area contributed by atoms with Crippen LogP contribution in [0.4, 0.5) is 0 Å². The smallest absolute Gasteiger partial charge is 0.354 e. The van der Waals surface area contributed by atoms with Crippen molar-refractivity contribution in [2.45, 2.75) is 0 Å². The van der Waals surface area contributed by atoms with Crippen molar-refractivity contribution in [2.75, 3.05) is 0 Å². The second-order valence-corrected chi connectivity index (χ2v) is 3.11. The minimum atomic E-state index is -1.12. The first-order chi connectivity index (χ1) is 7.68. The van der Waals surface area contributed by atoms with Crippen LogP contribution in [0.25, 0.3) is 5.69 Å². The van der Waals surface area contributed by atoms with Crippen molar-refractivity contribution >= 4 is 5.97 Å². The standard InChI is InChI=1S/C11H8N2O3/c14-10-3-1-2-6-13(10)8-4-5-12-9(7-8)11(15)16/h1-7H,(H,15,16). The number of carboxylic acids is 1. The second-order valence-electron chi connectivity index (χ2n) is 3.11. The molecule has 0 atom stereocenters. The van der Waals surface area contributed by atoms with Gasteiger partial charge in [-0.1, -0.05) is 6.07 Å². The van der Waals surface area contributed by atoms with Gasteiger partial charge in [0.2, 0.25) is 0 Å². The highest BCUT2D eigenvalue weighted by Crippen LogP contribution is 2.05. The van der Waals surface area contributed by atoms with Crippen LogP contribution in [0.2, 0.25) is 0 Å². The minimum absolute atomic E-state index is 0.0896. The van der Waals surface area contributed by atoms with E-state index in [2.05, 4.69) is 4.98 Å². The first kappa shape index (κ1) is 10.1. The molecule has 0 fully saturated rings. The van der Waals surface area contributed by atoms with Crippen molar-refractivity contribution in [3.8, 4) is 5.69 Å². The van der Waals surface area contributed by atoms with Gasteiger partial charge in [0.15, 0.2) is 0 Å². The van der Waals surface area contributed by atoms with E-state index >= 15 is 0 Å². The number of aromatic carboxylic acids is 1. The molecule has 0 aliphatic rings. The highest BCUT2D eigenvalue weighted by Gasteiger charge is 2.06. The summed E-state index contributed by atoms with van der Waals surface area (Å²) >= 11 is 0. The lowest BCUT2D eigenvalue weighted by atomic mass is 10.3. The van der Waals surface area contributed by atoms with E-state index in [1.165, 1.54) is 22.9 Å². The Kier molecular flexibility index (Phi) is 2.51. The number of hydrogen-bond donors (Lipinski definition) is 1. The third-order valence-electron chi connectivity index (χ3n) is 2.06. The van der Waals surface area contributed by atoms with Crippen LogP contribution in [0.5, 0.6) is 0 Å². The number of hydrogen-bond acceptors (Lipinski definition) is 3. The molecule has 0 amide bonds. The van der Waals surface area contributed by atoms with Crippen LogP contribution in [-0.4, -0.2) is 20.6 Å². The summed E-state index contributed by atoms with van der Waals surface area (Å²) in [5, 5.41) is 8.78. The topological polar surface area (TPSA) is 72.2 Å². The lowest BCUT2D eigenvalue weighted by molar-refractivity contribution is 0.0690. The monoisotopic (exact) mass is 216 g/mol. The molecule has 2 aromatic heterocycles. The molecule has 0 aromatic carbocycles. The molecule has 0 radical (unpaired) electrons. The van der Waals surface area contributed by atoms with Crippen LogP contribution in [0.15, 0.2) is 47.5 Å². The van der Waals surface area contributed by atoms with Crippen LogP contribution >= 0.6 is 0 Å². The van der Waals surface area contributed by atoms with Gasteiger partial charge in [-0.15, -0.1) is 0 Å². The summed E-state index contributed by atoms with van der Waals surface area (Å²) in [6, 6.07) is 7.65. The zero-order valence-electron chi connectivity index (χ0n) is 8.20. The summed E-state index contributed by atoms with van der Waals surface area (Å²) in [5.74, 6) is -1.12. The normalized spacial score (nSPS) is 10.0. The quantitative estimate of drug-likeness (QED) is 0.810. The lowest BCUT2D eigenvalue weighted by Crippen LogP contribution is -2.16. The summed E-state index contributed by atoms with van der Waals surface area (Å²) in [7, 11) is 0. The van der Waals surface area contributed by atoms with E-state index in [1.807, 2.05) is 0 Å². The van der Waals surface area contributed by atoms with E-state index in [4.69, 9.17) is 5.11 Å². The largest absolute Gasteiger partial charge is 0.477 e. The maximum atomic E-state index is 11.5. The Morgan fingerprint density at radius 1 is 1.31 bits per heavy atom. The molecule has 0 saturated heterocycles. The van der Waals surface area contributed by atoms with Crippen molar-refractivity contribution in [2.24, 2.45) is 0 Å². The Hall–Kier alpha value is -2.43. The van der Waals surface area contributed by atoms with Gasteiger partial charge < -0.3 is 5.11 Å². The Bertz CT molecular complexity index is 590. The molecule has 0 saturated carbocycles. The van der Waals surface area contributed by atoms with Gasteiger partial charge in [-0.2, -0.15) is 0 Å². The minimum Gasteiger partial charge on any atom is -0.477 e. The third-order valence-corrected chi connectivity index (χ3v) is 2.06. The highest BCUT2D eigenvalue weighted by atomic mass is 16.4. The number of carboxylic acid groups (broad SMARTS) is 1. The van der Waals surface area contributed by atoms with Crippen LogP contribution in [0.1, 0.15) is 10.5 Å². The fraction of sp³-hybridized carbons (Fsp3) is 0. The Balaban J connectivity index is 2.57. The second kappa shape index (κ2) is 3.98. The molecule has 5 nitrogen and oxygen atoms in total. The molecule has 0 aliphatic heterocycles. The predicted molar refractivity (Wildman–Crippen MR) is 56.8 cm³/mol. The Morgan fingerprint density at radius 3 is 2.81 bits per heavy atom. The van der Waals surface area contributed by atoms with Gasteiger partial charge in [0.05, 0.1) is 5.69 Å². The molecule has 5 heteroatoms. The van der Waals surface area contributed by atoms with Gasteiger partial charge in [0.1, 0.15) is 5.69 Å². The van der Waals surface area contributed by atoms with Gasteiger partial charge in [0, 0.05) is 18.5 Å². The Morgan fingerprint density at radius 2 is 2.12 bits per heavy atom. The zero-order chi connectivity index (χ0) is 11.5. The van der Waals surface area contributed by atoms with Gasteiger partial charge in [0.25, 0.3) is 5.56 Å². The average molecular weight is 216 g/mol. The molecular weight excluding hydrogens is 208 g/mol. The number of carbonyl (C=O) groups is 1. The van der Waals surface area contributed by atoms with Gasteiger partial charge in [-0.3, -0.25) is 9.36 Å². The first-order valence-electron chi connectivity index (χ1n) is 4.56. The molecule has 2 rings (SSSR count). The maximum Gasteiger partial charge on any atom is 0.354 e. The molecule has 16 heavy (non-hydrogen) atoms. The van der Waals surface area contributed by atoms with Gasteiger partial charge in [-0.05, 0) is 18.2 Å². The molecule has 0 bridgehead atoms. The summed E-state index contributed by atoms with van der Waals surface area (Å²) in [6.07, 6.45) is 2.93. The maximum absolute atomic E-state index is 11.5. The number of pyridine rings is 2. The van der Waals surface area contributed by atoms with E-state index in [0.717, 1.165) is 0 Å². The number of nitrogens with zero attached hydrogens (tertiary/aromatic N) is 2. The van der Waals surface area contributed by atoms with Crippen molar-refractivity contribution in [1.82, 2.24) is 9.55 Å². The van der Waals surface area contributed by atoms with Crippen LogP contribution in [0.3, 0.4) is 0 Å². The SMILES string of the molecule is O=C(O)c1cc(-n2ccccc2=O)ccn1. The summed E-state index contributed by atoms with van der Waals surface area (Å²) < 4.78 is 1.36. The van der Waals surface area contributed by atoms with Gasteiger partial charge >= 0.3 is 5.97 Å². The molecule has 2 aromatic rings. The van der Waals surface area contributed by atoms with Gasteiger partial charge in [-0.25, -0.2) is 9.78 Å². The highest BCUT2D eigenvalue weighted by molar-refractivity contribution is 5.85. The third kappa shape index (κ3) is 1.83. The summed E-state index contributed by atoms with van der Waals surface area (Å²) in [4.78, 5) is 25.9. The van der Waals surface area contributed by atoms with Crippen molar-refractivity contribution < 1.29 is 9.90 Å².